The molecular weight excluding hydrogens is 614 g/mol. The van der Waals surface area contributed by atoms with Gasteiger partial charge in [-0.3, -0.25) is 14.4 Å². The minimum atomic E-state index is -1.63. The molecule has 0 unspecified atom stereocenters. The number of nitrogens with one attached hydrogen (secondary N) is 2. The van der Waals surface area contributed by atoms with Crippen molar-refractivity contribution < 1.29 is 46.2 Å². The number of aromatic nitrogens is 1. The first-order valence-electron chi connectivity index (χ1n) is 15.7. The topological polar surface area (TPSA) is 130 Å². The van der Waals surface area contributed by atoms with Crippen LogP contribution in [0.4, 0.5) is 28.2 Å². The number of rotatable bonds is 6. The molecule has 2 saturated carbocycles. The number of anilines is 1. The van der Waals surface area contributed by atoms with Crippen LogP contribution in [-0.2, 0) is 19.1 Å². The molecule has 4 fully saturated rings. The molecule has 2 saturated heterocycles. The standard InChI is InChI=1S/C31H39F4N5O6/c1-14-8-31(28(43)38-25-21(46-31)7-16(34)11-36-25)13-40(14)26(41)23-22-18-5-15(6-20(18)35)19(22)12-39(23)27(42)24(30(2,3)4)37-29(44)45-17(9-32)10-33/h7,11,14-15,17-20,22-24H,5-6,8-10,12-13H2,1-4H3,(H,37,44)(H,36,38,43)/t14-,15+,18-,19-,20-,22+,23+,24-,31-/m1/s1. The van der Waals surface area contributed by atoms with Crippen LogP contribution in [0.15, 0.2) is 12.3 Å². The fraction of sp³-hybridized carbons (Fsp3) is 0.710. The van der Waals surface area contributed by atoms with Gasteiger partial charge in [0.15, 0.2) is 17.7 Å². The third-order valence-electron chi connectivity index (χ3n) is 10.4. The van der Waals surface area contributed by atoms with Crippen molar-refractivity contribution in [1.29, 1.82) is 0 Å². The van der Waals surface area contributed by atoms with Gasteiger partial charge in [-0.15, -0.1) is 0 Å². The lowest BCUT2D eigenvalue weighted by Gasteiger charge is -2.39. The van der Waals surface area contributed by atoms with Crippen LogP contribution >= 0.6 is 0 Å². The largest absolute Gasteiger partial charge is 0.471 e. The van der Waals surface area contributed by atoms with E-state index in [2.05, 4.69) is 15.6 Å². The first kappa shape index (κ1) is 32.3. The lowest BCUT2D eigenvalue weighted by atomic mass is 9.77. The molecule has 4 amide bonds. The molecule has 2 bridgehead atoms. The van der Waals surface area contributed by atoms with E-state index in [0.29, 0.717) is 12.8 Å². The molecule has 0 radical (unpaired) electrons. The Balaban J connectivity index is 1.29. The summed E-state index contributed by atoms with van der Waals surface area (Å²) in [6.07, 6.45) is -1.97. The van der Waals surface area contributed by atoms with Gasteiger partial charge in [-0.1, -0.05) is 20.8 Å². The van der Waals surface area contributed by atoms with Crippen LogP contribution in [0.1, 0.15) is 47.0 Å². The van der Waals surface area contributed by atoms with E-state index in [9.17, 15) is 32.3 Å². The molecular formula is C31H39F4N5O6. The van der Waals surface area contributed by atoms with Gasteiger partial charge in [-0.05, 0) is 48.9 Å². The zero-order valence-corrected chi connectivity index (χ0v) is 26.1. The van der Waals surface area contributed by atoms with E-state index in [1.165, 1.54) is 9.80 Å². The molecule has 9 atom stereocenters. The Kier molecular flexibility index (Phi) is 8.11. The van der Waals surface area contributed by atoms with Gasteiger partial charge < -0.3 is 29.9 Å². The van der Waals surface area contributed by atoms with Crippen LogP contribution in [0.25, 0.3) is 0 Å². The van der Waals surface area contributed by atoms with Crippen LogP contribution in [0, 0.1) is 34.9 Å². The van der Waals surface area contributed by atoms with Crippen LogP contribution in [0.2, 0.25) is 0 Å². The molecule has 1 aromatic rings. The molecule has 6 rings (SSSR count). The molecule has 2 N–H and O–H groups in total. The molecule has 11 nitrogen and oxygen atoms in total. The first-order chi connectivity index (χ1) is 21.7. The van der Waals surface area contributed by atoms with E-state index in [1.807, 2.05) is 0 Å². The Hall–Kier alpha value is -3.65. The summed E-state index contributed by atoms with van der Waals surface area (Å²) in [7, 11) is 0. The van der Waals surface area contributed by atoms with Gasteiger partial charge >= 0.3 is 6.09 Å². The highest BCUT2D eigenvalue weighted by atomic mass is 19.1. The third kappa shape index (κ3) is 5.32. The van der Waals surface area contributed by atoms with Crippen LogP contribution in [0.5, 0.6) is 5.75 Å². The predicted molar refractivity (Wildman–Crippen MR) is 154 cm³/mol. The van der Waals surface area contributed by atoms with Crippen molar-refractivity contribution in [2.24, 2.45) is 29.1 Å². The number of alkyl halides is 3. The third-order valence-corrected chi connectivity index (χ3v) is 10.4. The second-order valence-corrected chi connectivity index (χ2v) is 14.4. The van der Waals surface area contributed by atoms with Crippen LogP contribution in [-0.4, -0.2) is 101 Å². The second kappa shape index (κ2) is 11.5. The molecule has 4 heterocycles. The van der Waals surface area contributed by atoms with Crippen LogP contribution in [0.3, 0.4) is 0 Å². The van der Waals surface area contributed by atoms with E-state index in [1.54, 1.807) is 27.7 Å². The number of fused-ring (bicyclic) bond motifs is 6. The number of amides is 4. The Morgan fingerprint density at radius 3 is 2.59 bits per heavy atom. The number of hydrogen-bond acceptors (Lipinski definition) is 7. The number of carbonyl (C=O) groups is 4. The molecule has 5 aliphatic rings. The molecule has 1 aromatic heterocycles. The van der Waals surface area contributed by atoms with E-state index in [-0.39, 0.29) is 42.9 Å². The number of halogens is 4. The summed E-state index contributed by atoms with van der Waals surface area (Å²) in [5, 5.41) is 5.10. The molecule has 2 aliphatic carbocycles. The van der Waals surface area contributed by atoms with Crippen molar-refractivity contribution in [3.8, 4) is 5.75 Å². The number of alkyl carbamates (subject to hydrolysis) is 1. The summed E-state index contributed by atoms with van der Waals surface area (Å²) in [6, 6.07) is -1.78. The SMILES string of the molecule is C[C@@H]1C[C@]2(CN1C(=O)[C@@H]1[C@@H]3[C@H](CN1C(=O)[C@@H](NC(=O)OC(CF)CF)C(C)(C)C)[C@H]1C[C@@H]3[C@H](F)C1)Oc1cc(F)cnc1NC2=O. The van der Waals surface area contributed by atoms with Gasteiger partial charge in [0.2, 0.25) is 17.4 Å². The van der Waals surface area contributed by atoms with E-state index >= 15 is 4.39 Å². The zero-order chi connectivity index (χ0) is 33.3. The van der Waals surface area contributed by atoms with Crippen molar-refractivity contribution >= 4 is 29.6 Å². The highest BCUT2D eigenvalue weighted by Crippen LogP contribution is 2.59. The fourth-order valence-corrected chi connectivity index (χ4v) is 8.33. The number of hydrogen-bond donors (Lipinski definition) is 2. The zero-order valence-electron chi connectivity index (χ0n) is 26.1. The molecule has 46 heavy (non-hydrogen) atoms. The van der Waals surface area contributed by atoms with Crippen LogP contribution < -0.4 is 15.4 Å². The summed E-state index contributed by atoms with van der Waals surface area (Å²) in [4.78, 5) is 61.6. The van der Waals surface area contributed by atoms with Gasteiger partial charge in [0.25, 0.3) is 5.91 Å². The van der Waals surface area contributed by atoms with Crippen molar-refractivity contribution in [3.05, 3.63) is 18.1 Å². The fourth-order valence-electron chi connectivity index (χ4n) is 8.33. The number of carbonyl (C=O) groups excluding carboxylic acids is 4. The quantitative estimate of drug-likeness (QED) is 0.452. The Morgan fingerprint density at radius 1 is 1.20 bits per heavy atom. The maximum absolute atomic E-state index is 15.2. The molecule has 15 heteroatoms. The number of ether oxygens (including phenoxy) is 2. The average molecular weight is 654 g/mol. The van der Waals surface area contributed by atoms with Gasteiger partial charge in [-0.25, -0.2) is 27.3 Å². The molecule has 252 valence electrons. The van der Waals surface area contributed by atoms with Gasteiger partial charge in [0.1, 0.15) is 37.4 Å². The van der Waals surface area contributed by atoms with E-state index in [0.717, 1.165) is 12.3 Å². The molecule has 0 aromatic carbocycles. The smallest absolute Gasteiger partial charge is 0.408 e. The summed E-state index contributed by atoms with van der Waals surface area (Å²) in [5.74, 6) is -3.29. The first-order valence-corrected chi connectivity index (χ1v) is 15.7. The molecule has 1 spiro atoms. The van der Waals surface area contributed by atoms with Gasteiger partial charge in [0.05, 0.1) is 12.7 Å². The summed E-state index contributed by atoms with van der Waals surface area (Å²) in [6.45, 7) is 4.28. The number of nitrogens with zero attached hydrogens (tertiary/aromatic N) is 3. The Labute approximate surface area is 263 Å². The average Bonchev–Trinajstić information content (AvgIpc) is 3.74. The highest BCUT2D eigenvalue weighted by Gasteiger charge is 2.65. The predicted octanol–water partition coefficient (Wildman–Crippen LogP) is 3.18. The number of pyridine rings is 1. The Morgan fingerprint density at radius 2 is 1.91 bits per heavy atom. The van der Waals surface area contributed by atoms with E-state index < -0.39 is 96.2 Å². The van der Waals surface area contributed by atoms with Gasteiger partial charge in [-0.2, -0.15) is 0 Å². The van der Waals surface area contributed by atoms with Crippen molar-refractivity contribution in [2.45, 2.75) is 83.0 Å². The minimum Gasteiger partial charge on any atom is -0.471 e. The summed E-state index contributed by atoms with van der Waals surface area (Å²) in [5.41, 5.74) is -2.45. The lowest BCUT2D eigenvalue weighted by molar-refractivity contribution is -0.149. The maximum Gasteiger partial charge on any atom is 0.408 e. The number of likely N-dealkylation sites (tertiary alicyclic amines) is 2. The summed E-state index contributed by atoms with van der Waals surface area (Å²) < 4.78 is 66.2. The van der Waals surface area contributed by atoms with Gasteiger partial charge in [0, 0.05) is 25.1 Å². The monoisotopic (exact) mass is 653 g/mol. The maximum atomic E-state index is 15.2. The minimum absolute atomic E-state index is 0.0207. The van der Waals surface area contributed by atoms with E-state index in [4.69, 9.17) is 9.47 Å². The van der Waals surface area contributed by atoms with Crippen molar-refractivity contribution in [3.63, 3.8) is 0 Å². The molecule has 3 aliphatic heterocycles. The normalized spacial score (nSPS) is 33.5. The highest BCUT2D eigenvalue weighted by molar-refractivity contribution is 6.01. The second-order valence-electron chi connectivity index (χ2n) is 14.4. The lowest BCUT2D eigenvalue weighted by Crippen LogP contribution is -2.60. The Bertz CT molecular complexity index is 1420. The van der Waals surface area contributed by atoms with Crippen molar-refractivity contribution in [2.75, 3.05) is 31.8 Å². The van der Waals surface area contributed by atoms with Crippen molar-refractivity contribution in [1.82, 2.24) is 20.1 Å². The summed E-state index contributed by atoms with van der Waals surface area (Å²) >= 11 is 0.